The number of anilines is 2. The second-order valence-corrected chi connectivity index (χ2v) is 6.16. The molecule has 1 unspecified atom stereocenters. The van der Waals surface area contributed by atoms with Crippen molar-refractivity contribution in [1.29, 1.82) is 0 Å². The van der Waals surface area contributed by atoms with E-state index in [1.807, 2.05) is 51.0 Å². The summed E-state index contributed by atoms with van der Waals surface area (Å²) >= 11 is 0. The molecule has 1 aromatic rings. The zero-order valence-electron chi connectivity index (χ0n) is 13.3. The Labute approximate surface area is 126 Å². The molecule has 0 fully saturated rings. The van der Waals surface area contributed by atoms with Crippen LogP contribution in [-0.4, -0.2) is 44.1 Å². The summed E-state index contributed by atoms with van der Waals surface area (Å²) in [5, 5.41) is 0. The molecule has 5 nitrogen and oxygen atoms in total. The zero-order valence-corrected chi connectivity index (χ0v) is 13.3. The van der Waals surface area contributed by atoms with Crippen LogP contribution in [0.15, 0.2) is 18.2 Å². The molecule has 1 amide bonds. The number of nitrogens with two attached hydrogens (primary N) is 1. The van der Waals surface area contributed by atoms with Crippen molar-refractivity contribution in [2.75, 3.05) is 37.8 Å². The number of carbonyl (C=O) groups excluding carboxylic acids is 1. The second kappa shape index (κ2) is 6.35. The SMILES string of the molecule is CC(C)C1Oc2ccc(N)cc2N(CCCN(C)C)C1=O. The van der Waals surface area contributed by atoms with Crippen molar-refractivity contribution in [2.45, 2.75) is 26.4 Å². The maximum atomic E-state index is 12.7. The molecule has 116 valence electrons. The van der Waals surface area contributed by atoms with Crippen LogP contribution in [0.2, 0.25) is 0 Å². The molecule has 0 bridgehead atoms. The van der Waals surface area contributed by atoms with E-state index in [-0.39, 0.29) is 11.8 Å². The van der Waals surface area contributed by atoms with Gasteiger partial charge < -0.3 is 20.3 Å². The molecule has 0 spiro atoms. The Morgan fingerprint density at radius 1 is 1.38 bits per heavy atom. The van der Waals surface area contributed by atoms with Gasteiger partial charge in [0.25, 0.3) is 5.91 Å². The number of fused-ring (bicyclic) bond motifs is 1. The van der Waals surface area contributed by atoms with Gasteiger partial charge in [-0.3, -0.25) is 4.79 Å². The molecule has 0 saturated carbocycles. The average Bonchev–Trinajstić information content (AvgIpc) is 2.40. The van der Waals surface area contributed by atoms with Gasteiger partial charge in [0.2, 0.25) is 0 Å². The topological polar surface area (TPSA) is 58.8 Å². The summed E-state index contributed by atoms with van der Waals surface area (Å²) in [5.41, 5.74) is 7.29. The van der Waals surface area contributed by atoms with Crippen molar-refractivity contribution < 1.29 is 9.53 Å². The lowest BCUT2D eigenvalue weighted by Crippen LogP contribution is -2.49. The number of nitrogen functional groups attached to an aromatic ring is 1. The minimum absolute atomic E-state index is 0.0295. The highest BCUT2D eigenvalue weighted by Gasteiger charge is 2.36. The summed E-state index contributed by atoms with van der Waals surface area (Å²) in [6, 6.07) is 5.48. The quantitative estimate of drug-likeness (QED) is 0.843. The highest BCUT2D eigenvalue weighted by Crippen LogP contribution is 2.37. The number of amides is 1. The number of benzene rings is 1. The van der Waals surface area contributed by atoms with Gasteiger partial charge in [-0.25, -0.2) is 0 Å². The van der Waals surface area contributed by atoms with E-state index < -0.39 is 6.10 Å². The summed E-state index contributed by atoms with van der Waals surface area (Å²) in [4.78, 5) is 16.6. The van der Waals surface area contributed by atoms with Crippen molar-refractivity contribution in [1.82, 2.24) is 4.90 Å². The number of nitrogens with zero attached hydrogens (tertiary/aromatic N) is 2. The first kappa shape index (κ1) is 15.6. The molecule has 0 radical (unpaired) electrons. The first-order valence-electron chi connectivity index (χ1n) is 7.42. The highest BCUT2D eigenvalue weighted by atomic mass is 16.5. The molecule has 2 rings (SSSR count). The number of hydrogen-bond acceptors (Lipinski definition) is 4. The first-order valence-corrected chi connectivity index (χ1v) is 7.42. The Morgan fingerprint density at radius 3 is 2.71 bits per heavy atom. The number of hydrogen-bond donors (Lipinski definition) is 1. The van der Waals surface area contributed by atoms with E-state index in [2.05, 4.69) is 4.90 Å². The van der Waals surface area contributed by atoms with E-state index in [4.69, 9.17) is 10.5 Å². The van der Waals surface area contributed by atoms with Crippen LogP contribution < -0.4 is 15.4 Å². The molecule has 1 aliphatic rings. The predicted octanol–water partition coefficient (Wildman–Crippen LogP) is 1.97. The van der Waals surface area contributed by atoms with Gasteiger partial charge in [-0.15, -0.1) is 0 Å². The van der Waals surface area contributed by atoms with Gasteiger partial charge in [-0.2, -0.15) is 0 Å². The fourth-order valence-corrected chi connectivity index (χ4v) is 2.50. The summed E-state index contributed by atoms with van der Waals surface area (Å²) in [5.74, 6) is 0.911. The standard InChI is InChI=1S/C16H25N3O2/c1-11(2)15-16(20)19(9-5-8-18(3)4)13-10-12(17)6-7-14(13)21-15/h6-7,10-11,15H,5,8-9,17H2,1-4H3. The Bertz CT molecular complexity index is 514. The van der Waals surface area contributed by atoms with E-state index in [1.165, 1.54) is 0 Å². The lowest BCUT2D eigenvalue weighted by Gasteiger charge is -2.36. The maximum Gasteiger partial charge on any atom is 0.268 e. The van der Waals surface area contributed by atoms with Gasteiger partial charge >= 0.3 is 0 Å². The summed E-state index contributed by atoms with van der Waals surface area (Å²) < 4.78 is 5.86. The first-order chi connectivity index (χ1) is 9.90. The van der Waals surface area contributed by atoms with E-state index in [9.17, 15) is 4.79 Å². The van der Waals surface area contributed by atoms with Crippen LogP contribution in [0.4, 0.5) is 11.4 Å². The van der Waals surface area contributed by atoms with Gasteiger partial charge in [0.1, 0.15) is 5.75 Å². The van der Waals surface area contributed by atoms with E-state index in [0.29, 0.717) is 12.2 Å². The lowest BCUT2D eigenvalue weighted by atomic mass is 10.0. The van der Waals surface area contributed by atoms with Gasteiger partial charge in [-0.1, -0.05) is 13.8 Å². The summed E-state index contributed by atoms with van der Waals surface area (Å²) in [6.07, 6.45) is 0.498. The molecular formula is C16H25N3O2. The van der Waals surface area contributed by atoms with Crippen LogP contribution in [0.3, 0.4) is 0 Å². The van der Waals surface area contributed by atoms with Crippen molar-refractivity contribution in [3.63, 3.8) is 0 Å². The van der Waals surface area contributed by atoms with E-state index in [0.717, 1.165) is 24.4 Å². The Hall–Kier alpha value is -1.75. The predicted molar refractivity (Wildman–Crippen MR) is 85.6 cm³/mol. The third-order valence-electron chi connectivity index (χ3n) is 3.63. The largest absolute Gasteiger partial charge is 0.478 e. The molecule has 1 aliphatic heterocycles. The summed E-state index contributed by atoms with van der Waals surface area (Å²) in [6.45, 7) is 5.63. The molecule has 0 aliphatic carbocycles. The highest BCUT2D eigenvalue weighted by molar-refractivity contribution is 6.00. The monoisotopic (exact) mass is 291 g/mol. The number of carbonyl (C=O) groups is 1. The van der Waals surface area contributed by atoms with Crippen molar-refractivity contribution in [3.8, 4) is 5.75 Å². The fourth-order valence-electron chi connectivity index (χ4n) is 2.50. The molecule has 1 aromatic carbocycles. The van der Waals surface area contributed by atoms with E-state index >= 15 is 0 Å². The molecule has 5 heteroatoms. The minimum Gasteiger partial charge on any atom is -0.478 e. The Balaban J connectivity index is 2.26. The van der Waals surface area contributed by atoms with Crippen molar-refractivity contribution in [2.24, 2.45) is 5.92 Å². The van der Waals surface area contributed by atoms with Crippen LogP contribution >= 0.6 is 0 Å². The summed E-state index contributed by atoms with van der Waals surface area (Å²) in [7, 11) is 4.06. The molecule has 1 atom stereocenters. The van der Waals surface area contributed by atoms with E-state index in [1.54, 1.807) is 0 Å². The smallest absolute Gasteiger partial charge is 0.268 e. The molecule has 0 aromatic heterocycles. The van der Waals surface area contributed by atoms with Gasteiger partial charge in [-0.05, 0) is 51.2 Å². The minimum atomic E-state index is -0.416. The van der Waals surface area contributed by atoms with Crippen LogP contribution in [0, 0.1) is 5.92 Å². The lowest BCUT2D eigenvalue weighted by molar-refractivity contribution is -0.128. The Kier molecular flexibility index (Phi) is 4.73. The van der Waals surface area contributed by atoms with Crippen molar-refractivity contribution >= 4 is 17.3 Å². The number of rotatable bonds is 5. The molecule has 2 N–H and O–H groups in total. The zero-order chi connectivity index (χ0) is 15.6. The molecule has 21 heavy (non-hydrogen) atoms. The van der Waals surface area contributed by atoms with Gasteiger partial charge in [0.05, 0.1) is 5.69 Å². The third kappa shape index (κ3) is 3.47. The van der Waals surface area contributed by atoms with Gasteiger partial charge in [0.15, 0.2) is 6.10 Å². The molecule has 0 saturated heterocycles. The van der Waals surface area contributed by atoms with Crippen LogP contribution in [0.1, 0.15) is 20.3 Å². The van der Waals surface area contributed by atoms with Crippen LogP contribution in [0.5, 0.6) is 5.75 Å². The number of ether oxygens (including phenoxy) is 1. The Morgan fingerprint density at radius 2 is 2.10 bits per heavy atom. The third-order valence-corrected chi connectivity index (χ3v) is 3.63. The van der Waals surface area contributed by atoms with Crippen LogP contribution in [0.25, 0.3) is 0 Å². The molecule has 1 heterocycles. The molecular weight excluding hydrogens is 266 g/mol. The normalized spacial score (nSPS) is 18.1. The average molecular weight is 291 g/mol. The van der Waals surface area contributed by atoms with Crippen LogP contribution in [-0.2, 0) is 4.79 Å². The van der Waals surface area contributed by atoms with Crippen molar-refractivity contribution in [3.05, 3.63) is 18.2 Å². The fraction of sp³-hybridized carbons (Fsp3) is 0.562. The van der Waals surface area contributed by atoms with Gasteiger partial charge in [0, 0.05) is 12.2 Å². The second-order valence-electron chi connectivity index (χ2n) is 6.16. The maximum absolute atomic E-state index is 12.7.